The van der Waals surface area contributed by atoms with Gasteiger partial charge in [0.15, 0.2) is 0 Å². The molecular weight excluding hydrogens is 228 g/mol. The molecule has 0 fully saturated rings. The Bertz CT molecular complexity index is 572. The Hall–Kier alpha value is -1.81. The summed E-state index contributed by atoms with van der Waals surface area (Å²) in [4.78, 5) is 11.7. The number of hydrogen-bond acceptors (Lipinski definition) is 3. The SMILES string of the molecule is CCOC(=O)c1ccc2c(c1)c(CCN)cn2C. The summed E-state index contributed by atoms with van der Waals surface area (Å²) < 4.78 is 7.06. The average Bonchev–Trinajstić information content (AvgIpc) is 2.67. The van der Waals surface area contributed by atoms with Gasteiger partial charge in [-0.1, -0.05) is 0 Å². The Morgan fingerprint density at radius 2 is 2.22 bits per heavy atom. The number of nitrogens with zero attached hydrogens (tertiary/aromatic N) is 1. The molecule has 0 saturated heterocycles. The van der Waals surface area contributed by atoms with Crippen molar-refractivity contribution in [2.45, 2.75) is 13.3 Å². The third-order valence-electron chi connectivity index (χ3n) is 3.00. The monoisotopic (exact) mass is 246 g/mol. The van der Waals surface area contributed by atoms with Crippen LogP contribution in [0.15, 0.2) is 24.4 Å². The summed E-state index contributed by atoms with van der Waals surface area (Å²) in [5, 5.41) is 1.08. The second kappa shape index (κ2) is 5.23. The highest BCUT2D eigenvalue weighted by molar-refractivity contribution is 5.96. The first-order valence-corrected chi connectivity index (χ1v) is 6.12. The van der Waals surface area contributed by atoms with Gasteiger partial charge in [-0.05, 0) is 43.7 Å². The fourth-order valence-electron chi connectivity index (χ4n) is 2.17. The predicted molar refractivity (Wildman–Crippen MR) is 71.6 cm³/mol. The summed E-state index contributed by atoms with van der Waals surface area (Å²) in [6.45, 7) is 2.79. The maximum absolute atomic E-state index is 11.7. The van der Waals surface area contributed by atoms with Crippen LogP contribution < -0.4 is 5.73 Å². The maximum atomic E-state index is 11.7. The second-order valence-electron chi connectivity index (χ2n) is 4.26. The van der Waals surface area contributed by atoms with Crippen molar-refractivity contribution in [3.8, 4) is 0 Å². The highest BCUT2D eigenvalue weighted by Gasteiger charge is 2.11. The molecule has 0 atom stereocenters. The van der Waals surface area contributed by atoms with E-state index in [1.807, 2.05) is 19.2 Å². The number of nitrogens with two attached hydrogens (primary N) is 1. The standard InChI is InChI=1S/C14H18N2O2/c1-3-18-14(17)10-4-5-13-12(8-10)11(6-7-15)9-16(13)2/h4-5,8-9H,3,6-7,15H2,1-2H3. The highest BCUT2D eigenvalue weighted by Crippen LogP contribution is 2.22. The van der Waals surface area contributed by atoms with Crippen molar-refractivity contribution in [3.05, 3.63) is 35.5 Å². The number of fused-ring (bicyclic) bond motifs is 1. The van der Waals surface area contributed by atoms with Gasteiger partial charge in [0.1, 0.15) is 0 Å². The average molecular weight is 246 g/mol. The number of ether oxygens (including phenoxy) is 1. The molecule has 1 aromatic heterocycles. The first kappa shape index (κ1) is 12.6. The molecule has 2 rings (SSSR count). The summed E-state index contributed by atoms with van der Waals surface area (Å²) in [6.07, 6.45) is 2.87. The predicted octanol–water partition coefficient (Wildman–Crippen LogP) is 1.86. The van der Waals surface area contributed by atoms with Crippen LogP contribution in [0.1, 0.15) is 22.8 Å². The third-order valence-corrected chi connectivity index (χ3v) is 3.00. The molecule has 0 amide bonds. The number of hydrogen-bond donors (Lipinski definition) is 1. The Morgan fingerprint density at radius 1 is 1.44 bits per heavy atom. The highest BCUT2D eigenvalue weighted by atomic mass is 16.5. The molecule has 1 heterocycles. The summed E-state index contributed by atoms with van der Waals surface area (Å²) in [5.74, 6) is -0.276. The van der Waals surface area contributed by atoms with E-state index in [4.69, 9.17) is 10.5 Å². The fourth-order valence-corrected chi connectivity index (χ4v) is 2.17. The lowest BCUT2D eigenvalue weighted by molar-refractivity contribution is 0.0526. The Kier molecular flexibility index (Phi) is 3.67. The lowest BCUT2D eigenvalue weighted by Gasteiger charge is -2.03. The number of esters is 1. The van der Waals surface area contributed by atoms with Crippen LogP contribution in [0.4, 0.5) is 0 Å². The van der Waals surface area contributed by atoms with E-state index in [1.165, 1.54) is 5.56 Å². The first-order valence-electron chi connectivity index (χ1n) is 6.12. The van der Waals surface area contributed by atoms with Crippen LogP contribution in [0, 0.1) is 0 Å². The molecule has 2 N–H and O–H groups in total. The molecule has 0 spiro atoms. The van der Waals surface area contributed by atoms with E-state index in [-0.39, 0.29) is 5.97 Å². The summed E-state index contributed by atoms with van der Waals surface area (Å²) >= 11 is 0. The van der Waals surface area contributed by atoms with Crippen molar-refractivity contribution in [3.63, 3.8) is 0 Å². The van der Waals surface area contributed by atoms with Crippen molar-refractivity contribution in [1.82, 2.24) is 4.57 Å². The van der Waals surface area contributed by atoms with E-state index in [1.54, 1.807) is 13.0 Å². The first-order chi connectivity index (χ1) is 8.67. The minimum absolute atomic E-state index is 0.276. The van der Waals surface area contributed by atoms with Gasteiger partial charge in [-0.15, -0.1) is 0 Å². The molecule has 18 heavy (non-hydrogen) atoms. The zero-order valence-corrected chi connectivity index (χ0v) is 10.8. The molecule has 2 aromatic rings. The van der Waals surface area contributed by atoms with Gasteiger partial charge in [0.05, 0.1) is 12.2 Å². The van der Waals surface area contributed by atoms with E-state index in [0.717, 1.165) is 17.3 Å². The number of carbonyl (C=O) groups is 1. The molecule has 1 aromatic carbocycles. The van der Waals surface area contributed by atoms with Crippen LogP contribution in [-0.4, -0.2) is 23.7 Å². The van der Waals surface area contributed by atoms with Gasteiger partial charge in [0.25, 0.3) is 0 Å². The summed E-state index contributed by atoms with van der Waals surface area (Å²) in [7, 11) is 1.99. The summed E-state index contributed by atoms with van der Waals surface area (Å²) in [5.41, 5.74) is 8.47. The molecule has 0 unspecified atom stereocenters. The topological polar surface area (TPSA) is 57.2 Å². The Balaban J connectivity index is 2.48. The second-order valence-corrected chi connectivity index (χ2v) is 4.26. The molecule has 0 aliphatic rings. The van der Waals surface area contributed by atoms with Gasteiger partial charge in [-0.25, -0.2) is 4.79 Å². The summed E-state index contributed by atoms with van der Waals surface area (Å²) in [6, 6.07) is 5.63. The molecule has 96 valence electrons. The number of benzene rings is 1. The molecular formula is C14H18N2O2. The van der Waals surface area contributed by atoms with E-state index in [9.17, 15) is 4.79 Å². The molecule has 4 heteroatoms. The molecule has 0 bridgehead atoms. The normalized spacial score (nSPS) is 10.8. The zero-order chi connectivity index (χ0) is 13.1. The third kappa shape index (κ3) is 2.24. The lowest BCUT2D eigenvalue weighted by atomic mass is 10.1. The lowest BCUT2D eigenvalue weighted by Crippen LogP contribution is -2.05. The van der Waals surface area contributed by atoms with Crippen LogP contribution in [-0.2, 0) is 18.2 Å². The van der Waals surface area contributed by atoms with Crippen molar-refractivity contribution in [2.24, 2.45) is 12.8 Å². The van der Waals surface area contributed by atoms with Crippen LogP contribution in [0.2, 0.25) is 0 Å². The molecule has 0 aliphatic heterocycles. The number of rotatable bonds is 4. The van der Waals surface area contributed by atoms with Gasteiger partial charge in [-0.2, -0.15) is 0 Å². The number of carbonyl (C=O) groups excluding carboxylic acids is 1. The van der Waals surface area contributed by atoms with Crippen molar-refractivity contribution < 1.29 is 9.53 Å². The van der Waals surface area contributed by atoms with Crippen LogP contribution in [0.25, 0.3) is 10.9 Å². The maximum Gasteiger partial charge on any atom is 0.338 e. The van der Waals surface area contributed by atoms with Gasteiger partial charge in [-0.3, -0.25) is 0 Å². The fraction of sp³-hybridized carbons (Fsp3) is 0.357. The van der Waals surface area contributed by atoms with E-state index in [2.05, 4.69) is 10.8 Å². The molecule has 0 aliphatic carbocycles. The van der Waals surface area contributed by atoms with Gasteiger partial charge >= 0.3 is 5.97 Å². The van der Waals surface area contributed by atoms with Gasteiger partial charge in [0.2, 0.25) is 0 Å². The van der Waals surface area contributed by atoms with E-state index in [0.29, 0.717) is 18.7 Å². The van der Waals surface area contributed by atoms with Gasteiger partial charge < -0.3 is 15.0 Å². The van der Waals surface area contributed by atoms with Crippen LogP contribution in [0.5, 0.6) is 0 Å². The van der Waals surface area contributed by atoms with Gasteiger partial charge in [0, 0.05) is 24.1 Å². The smallest absolute Gasteiger partial charge is 0.338 e. The van der Waals surface area contributed by atoms with Crippen LogP contribution in [0.3, 0.4) is 0 Å². The van der Waals surface area contributed by atoms with Crippen molar-refractivity contribution >= 4 is 16.9 Å². The molecule has 4 nitrogen and oxygen atoms in total. The largest absolute Gasteiger partial charge is 0.462 e. The Labute approximate surface area is 106 Å². The van der Waals surface area contributed by atoms with Crippen molar-refractivity contribution in [1.29, 1.82) is 0 Å². The van der Waals surface area contributed by atoms with Crippen LogP contribution >= 0.6 is 0 Å². The molecule has 0 radical (unpaired) electrons. The zero-order valence-electron chi connectivity index (χ0n) is 10.8. The van der Waals surface area contributed by atoms with E-state index >= 15 is 0 Å². The quantitative estimate of drug-likeness (QED) is 0.838. The minimum Gasteiger partial charge on any atom is -0.462 e. The minimum atomic E-state index is -0.276. The molecule has 0 saturated carbocycles. The number of aryl methyl sites for hydroxylation is 1. The number of aromatic nitrogens is 1. The van der Waals surface area contributed by atoms with E-state index < -0.39 is 0 Å². The Morgan fingerprint density at radius 3 is 2.89 bits per heavy atom. The van der Waals surface area contributed by atoms with Crippen molar-refractivity contribution in [2.75, 3.05) is 13.2 Å².